The smallest absolute Gasteiger partial charge is 0.295 e. The first-order valence-electron chi connectivity index (χ1n) is 10.8. The van der Waals surface area contributed by atoms with Crippen LogP contribution in [0.25, 0.3) is 17.1 Å². The molecule has 3 aromatic carbocycles. The van der Waals surface area contributed by atoms with E-state index in [1.807, 2.05) is 0 Å². The van der Waals surface area contributed by atoms with E-state index in [1.165, 1.54) is 39.2 Å². The first-order valence-corrected chi connectivity index (χ1v) is 11.2. The number of hydrogen-bond acceptors (Lipinski definition) is 7. The van der Waals surface area contributed by atoms with Gasteiger partial charge in [-0.15, -0.1) is 5.10 Å². The monoisotopic (exact) mass is 548 g/mol. The van der Waals surface area contributed by atoms with Gasteiger partial charge in [0.15, 0.2) is 34.8 Å². The number of nitrogens with zero attached hydrogens (tertiary/aromatic N) is 3. The molecule has 0 fully saturated rings. The first kappa shape index (κ1) is 26.6. The fourth-order valence-corrected chi connectivity index (χ4v) is 3.82. The Morgan fingerprint density at radius 1 is 0.868 bits per heavy atom. The van der Waals surface area contributed by atoms with E-state index in [9.17, 15) is 18.0 Å². The zero-order valence-corrected chi connectivity index (χ0v) is 21.2. The van der Waals surface area contributed by atoms with E-state index < -0.39 is 34.9 Å². The number of rotatable bonds is 8. The number of anilines is 1. The second-order valence-electron chi connectivity index (χ2n) is 7.58. The Morgan fingerprint density at radius 3 is 2.11 bits per heavy atom. The number of carbonyl (C=O) groups excluding carboxylic acids is 1. The number of ether oxygens (including phenoxy) is 4. The zero-order chi connectivity index (χ0) is 27.6. The van der Waals surface area contributed by atoms with Crippen LogP contribution in [-0.2, 0) is 0 Å². The number of amides is 1. The lowest BCUT2D eigenvalue weighted by molar-refractivity contribution is 0.101. The molecule has 0 unspecified atom stereocenters. The van der Waals surface area contributed by atoms with Gasteiger partial charge in [-0.3, -0.25) is 4.79 Å². The highest BCUT2D eigenvalue weighted by Crippen LogP contribution is 2.41. The molecule has 4 rings (SSSR count). The van der Waals surface area contributed by atoms with Gasteiger partial charge in [-0.25, -0.2) is 22.8 Å². The summed E-state index contributed by atoms with van der Waals surface area (Å²) >= 11 is 6.30. The maximum Gasteiger partial charge on any atom is 0.295 e. The fourth-order valence-electron chi connectivity index (χ4n) is 3.57. The van der Waals surface area contributed by atoms with Crippen LogP contribution in [0.4, 0.5) is 18.9 Å². The van der Waals surface area contributed by atoms with Crippen LogP contribution in [0.15, 0.2) is 42.5 Å². The van der Waals surface area contributed by atoms with Crippen molar-refractivity contribution < 1.29 is 36.9 Å². The number of carbonyl (C=O) groups is 1. The van der Waals surface area contributed by atoms with Gasteiger partial charge in [0.1, 0.15) is 5.75 Å². The van der Waals surface area contributed by atoms with Gasteiger partial charge < -0.3 is 24.3 Å². The second-order valence-corrected chi connectivity index (χ2v) is 7.99. The van der Waals surface area contributed by atoms with Crippen LogP contribution < -0.4 is 24.3 Å². The Hall–Kier alpha value is -4.45. The Kier molecular flexibility index (Phi) is 7.62. The van der Waals surface area contributed by atoms with Crippen molar-refractivity contribution in [3.05, 3.63) is 70.8 Å². The quantitative estimate of drug-likeness (QED) is 0.299. The van der Waals surface area contributed by atoms with E-state index >= 15 is 0 Å². The summed E-state index contributed by atoms with van der Waals surface area (Å²) < 4.78 is 63.8. The minimum Gasteiger partial charge on any atom is -0.495 e. The molecule has 0 atom stereocenters. The predicted octanol–water partition coefficient (Wildman–Crippen LogP) is 5.29. The molecule has 0 aliphatic heterocycles. The van der Waals surface area contributed by atoms with E-state index in [2.05, 4.69) is 15.4 Å². The molecule has 4 aromatic rings. The first-order chi connectivity index (χ1) is 18.2. The van der Waals surface area contributed by atoms with Crippen molar-refractivity contribution in [3.63, 3.8) is 0 Å². The highest BCUT2D eigenvalue weighted by Gasteiger charge is 2.24. The number of methoxy groups -OCH3 is 4. The molecule has 13 heteroatoms. The molecule has 0 radical (unpaired) electrons. The Labute approximate surface area is 219 Å². The molecule has 0 saturated heterocycles. The molecule has 0 spiro atoms. The summed E-state index contributed by atoms with van der Waals surface area (Å²) in [6.07, 6.45) is 0. The lowest BCUT2D eigenvalue weighted by atomic mass is 10.1. The van der Waals surface area contributed by atoms with Gasteiger partial charge in [0.25, 0.3) is 5.91 Å². The van der Waals surface area contributed by atoms with Crippen molar-refractivity contribution in [2.24, 2.45) is 0 Å². The van der Waals surface area contributed by atoms with Crippen molar-refractivity contribution in [2.45, 2.75) is 0 Å². The molecule has 0 bridgehead atoms. The lowest BCUT2D eigenvalue weighted by Crippen LogP contribution is -2.16. The van der Waals surface area contributed by atoms with Crippen molar-refractivity contribution in [3.8, 4) is 40.1 Å². The van der Waals surface area contributed by atoms with Gasteiger partial charge in [-0.05, 0) is 42.5 Å². The van der Waals surface area contributed by atoms with Crippen molar-refractivity contribution in [2.75, 3.05) is 33.8 Å². The van der Waals surface area contributed by atoms with E-state index in [0.717, 1.165) is 6.07 Å². The second kappa shape index (κ2) is 10.9. The highest BCUT2D eigenvalue weighted by atomic mass is 35.5. The topological polar surface area (TPSA) is 96.7 Å². The van der Waals surface area contributed by atoms with Crippen molar-refractivity contribution >= 4 is 23.2 Å². The average Bonchev–Trinajstić information content (AvgIpc) is 3.38. The molecular formula is C25H20ClF3N4O5. The van der Waals surface area contributed by atoms with Crippen LogP contribution in [0.1, 0.15) is 10.6 Å². The molecule has 38 heavy (non-hydrogen) atoms. The summed E-state index contributed by atoms with van der Waals surface area (Å²) in [6, 6.07) is 9.49. The summed E-state index contributed by atoms with van der Waals surface area (Å²) in [6.45, 7) is 0. The Bertz CT molecular complexity index is 1500. The molecule has 0 aliphatic rings. The summed E-state index contributed by atoms with van der Waals surface area (Å²) in [5, 5.41) is 6.68. The molecule has 1 aromatic heterocycles. The number of halogens is 4. The summed E-state index contributed by atoms with van der Waals surface area (Å²) in [4.78, 5) is 17.3. The normalized spacial score (nSPS) is 10.7. The summed E-state index contributed by atoms with van der Waals surface area (Å²) in [5.41, 5.74) is 0.203. The van der Waals surface area contributed by atoms with Crippen LogP contribution in [0.3, 0.4) is 0 Å². The van der Waals surface area contributed by atoms with Gasteiger partial charge in [-0.2, -0.15) is 0 Å². The maximum atomic E-state index is 14.2. The predicted molar refractivity (Wildman–Crippen MR) is 132 cm³/mol. The molecule has 1 heterocycles. The van der Waals surface area contributed by atoms with Gasteiger partial charge in [0, 0.05) is 5.56 Å². The standard InChI is InChI=1S/C25H20ClF3N4O5/c1-35-17-8-5-13(11-14(17)26)33-24(12-9-18(36-2)22(38-4)19(10-12)37-3)31-23(32-33)25(34)30-16-7-6-15(27)20(28)21(16)29/h5-11H,1-4H3,(H,30,34). The summed E-state index contributed by atoms with van der Waals surface area (Å²) in [7, 11) is 5.77. The van der Waals surface area contributed by atoms with E-state index in [4.69, 9.17) is 30.5 Å². The number of benzene rings is 3. The lowest BCUT2D eigenvalue weighted by Gasteiger charge is -2.14. The van der Waals surface area contributed by atoms with E-state index in [0.29, 0.717) is 40.3 Å². The molecule has 1 N–H and O–H groups in total. The highest BCUT2D eigenvalue weighted by molar-refractivity contribution is 6.32. The molecular weight excluding hydrogens is 529 g/mol. The van der Waals surface area contributed by atoms with Crippen molar-refractivity contribution in [1.29, 1.82) is 0 Å². The van der Waals surface area contributed by atoms with Gasteiger partial charge >= 0.3 is 0 Å². The van der Waals surface area contributed by atoms with Crippen LogP contribution in [0.5, 0.6) is 23.0 Å². The Balaban J connectivity index is 1.87. The number of aromatic nitrogens is 3. The molecule has 9 nitrogen and oxygen atoms in total. The van der Waals surface area contributed by atoms with Gasteiger partial charge in [0.05, 0.1) is 44.8 Å². The number of nitrogens with one attached hydrogen (secondary N) is 1. The minimum absolute atomic E-state index is 0.140. The average molecular weight is 549 g/mol. The third-order valence-electron chi connectivity index (χ3n) is 5.40. The van der Waals surface area contributed by atoms with Gasteiger partial charge in [-0.1, -0.05) is 11.6 Å². The SMILES string of the molecule is COc1ccc(-n2nc(C(=O)Nc3ccc(F)c(F)c3F)nc2-c2cc(OC)c(OC)c(OC)c2)cc1Cl. The Morgan fingerprint density at radius 2 is 1.53 bits per heavy atom. The zero-order valence-electron chi connectivity index (χ0n) is 20.4. The minimum atomic E-state index is -1.73. The number of hydrogen-bond donors (Lipinski definition) is 1. The van der Waals surface area contributed by atoms with Crippen LogP contribution in [-0.4, -0.2) is 49.1 Å². The van der Waals surface area contributed by atoms with Gasteiger partial charge in [0.2, 0.25) is 11.6 Å². The summed E-state index contributed by atoms with van der Waals surface area (Å²) in [5.74, 6) is -4.62. The third-order valence-corrected chi connectivity index (χ3v) is 5.69. The van der Waals surface area contributed by atoms with E-state index in [1.54, 1.807) is 24.3 Å². The van der Waals surface area contributed by atoms with Crippen LogP contribution >= 0.6 is 11.6 Å². The molecule has 0 saturated carbocycles. The van der Waals surface area contributed by atoms with Crippen LogP contribution in [0.2, 0.25) is 5.02 Å². The third kappa shape index (κ3) is 4.90. The fraction of sp³-hybridized carbons (Fsp3) is 0.160. The largest absolute Gasteiger partial charge is 0.495 e. The molecule has 198 valence electrons. The molecule has 1 amide bonds. The van der Waals surface area contributed by atoms with E-state index in [-0.39, 0.29) is 10.8 Å². The molecule has 0 aliphatic carbocycles. The maximum absolute atomic E-state index is 14.2. The van der Waals surface area contributed by atoms with Crippen LogP contribution in [0, 0.1) is 17.5 Å². The van der Waals surface area contributed by atoms with Crippen molar-refractivity contribution in [1.82, 2.24) is 14.8 Å².